The van der Waals surface area contributed by atoms with E-state index in [2.05, 4.69) is 13.8 Å². The van der Waals surface area contributed by atoms with E-state index < -0.39 is 11.8 Å². The van der Waals surface area contributed by atoms with Crippen molar-refractivity contribution < 1.29 is 14.9 Å². The van der Waals surface area contributed by atoms with Crippen molar-refractivity contribution in [2.24, 2.45) is 11.7 Å². The zero-order valence-electron chi connectivity index (χ0n) is 13.3. The largest absolute Gasteiger partial charge is 0.386 e. The second-order valence-electron chi connectivity index (χ2n) is 5.89. The van der Waals surface area contributed by atoms with E-state index in [0.717, 1.165) is 18.8 Å². The molecule has 0 fully saturated rings. The molecular weight excluding hydrogens is 278 g/mol. The van der Waals surface area contributed by atoms with Crippen LogP contribution >= 0.6 is 12.4 Å². The molecule has 0 saturated heterocycles. The van der Waals surface area contributed by atoms with Gasteiger partial charge in [-0.05, 0) is 18.8 Å². The molecule has 2 atom stereocenters. The average Bonchev–Trinajstić information content (AvgIpc) is 2.36. The molecule has 0 heterocycles. The molecule has 0 bridgehead atoms. The molecular formula is C15H34ClNO3. The van der Waals surface area contributed by atoms with Crippen molar-refractivity contribution in [2.45, 2.75) is 77.5 Å². The van der Waals surface area contributed by atoms with Crippen LogP contribution in [-0.4, -0.2) is 35.3 Å². The van der Waals surface area contributed by atoms with Crippen LogP contribution in [0.2, 0.25) is 0 Å². The van der Waals surface area contributed by atoms with E-state index in [-0.39, 0.29) is 19.0 Å². The van der Waals surface area contributed by atoms with Crippen LogP contribution in [0.15, 0.2) is 0 Å². The summed E-state index contributed by atoms with van der Waals surface area (Å²) < 4.78 is 5.34. The van der Waals surface area contributed by atoms with Gasteiger partial charge < -0.3 is 20.7 Å². The Morgan fingerprint density at radius 1 is 1.10 bits per heavy atom. The summed E-state index contributed by atoms with van der Waals surface area (Å²) in [6, 6.07) is 0. The van der Waals surface area contributed by atoms with Crippen LogP contribution in [0.3, 0.4) is 0 Å². The fraction of sp³-hybridized carbons (Fsp3) is 1.00. The summed E-state index contributed by atoms with van der Waals surface area (Å²) in [6.07, 6.45) is 6.63. The molecule has 0 spiro atoms. The van der Waals surface area contributed by atoms with E-state index in [1.807, 2.05) is 0 Å². The lowest BCUT2D eigenvalue weighted by Gasteiger charge is -2.27. The van der Waals surface area contributed by atoms with E-state index in [4.69, 9.17) is 10.5 Å². The minimum Gasteiger partial charge on any atom is -0.386 e. The number of halogens is 1. The summed E-state index contributed by atoms with van der Waals surface area (Å²) in [5, 5.41) is 19.2. The van der Waals surface area contributed by atoms with E-state index in [1.54, 1.807) is 6.92 Å². The molecule has 0 radical (unpaired) electrons. The van der Waals surface area contributed by atoms with Gasteiger partial charge in [-0.1, -0.05) is 52.9 Å². The highest BCUT2D eigenvalue weighted by atomic mass is 35.5. The first-order valence-corrected chi connectivity index (χ1v) is 7.67. The van der Waals surface area contributed by atoms with E-state index in [9.17, 15) is 10.2 Å². The monoisotopic (exact) mass is 311 g/mol. The highest BCUT2D eigenvalue weighted by Gasteiger charge is 2.28. The van der Waals surface area contributed by atoms with Crippen LogP contribution < -0.4 is 5.73 Å². The fourth-order valence-corrected chi connectivity index (χ4v) is 1.86. The zero-order chi connectivity index (χ0) is 14.7. The molecule has 0 aliphatic carbocycles. The molecule has 0 aliphatic heterocycles. The molecule has 4 N–H and O–H groups in total. The number of ether oxygens (including phenoxy) is 1. The number of rotatable bonds is 12. The Balaban J connectivity index is 0. The molecule has 2 unspecified atom stereocenters. The van der Waals surface area contributed by atoms with Crippen LogP contribution in [0.5, 0.6) is 0 Å². The Hall–Kier alpha value is 0.130. The first-order chi connectivity index (χ1) is 8.90. The van der Waals surface area contributed by atoms with Crippen molar-refractivity contribution >= 4 is 12.4 Å². The summed E-state index contributed by atoms with van der Waals surface area (Å²) in [4.78, 5) is 0. The lowest BCUT2D eigenvalue weighted by atomic mass is 10.0. The quantitative estimate of drug-likeness (QED) is 0.383. The van der Waals surface area contributed by atoms with E-state index in [1.165, 1.54) is 25.7 Å². The predicted molar refractivity (Wildman–Crippen MR) is 86.0 cm³/mol. The van der Waals surface area contributed by atoms with Crippen LogP contribution in [-0.2, 0) is 4.74 Å². The van der Waals surface area contributed by atoms with Gasteiger partial charge >= 0.3 is 0 Å². The van der Waals surface area contributed by atoms with Crippen molar-refractivity contribution in [1.82, 2.24) is 0 Å². The highest BCUT2D eigenvalue weighted by Crippen LogP contribution is 2.11. The lowest BCUT2D eigenvalue weighted by molar-refractivity contribution is -0.105. The van der Waals surface area contributed by atoms with Gasteiger partial charge in [0, 0.05) is 6.61 Å². The van der Waals surface area contributed by atoms with Gasteiger partial charge in [0.15, 0.2) is 0 Å². The summed E-state index contributed by atoms with van der Waals surface area (Å²) in [7, 11) is 0. The summed E-state index contributed by atoms with van der Waals surface area (Å²) in [5.41, 5.74) is 3.97. The van der Waals surface area contributed by atoms with Gasteiger partial charge in [0.25, 0.3) is 0 Å². The molecule has 5 heteroatoms. The third kappa shape index (κ3) is 11.9. The Morgan fingerprint density at radius 3 is 2.20 bits per heavy atom. The van der Waals surface area contributed by atoms with Crippen molar-refractivity contribution in [3.8, 4) is 0 Å². The standard InChI is InChI=1S/C15H33NO3.ClH/c1-4-15(16,18)14(17)12-19-11-9-7-5-6-8-10-13(2)3;/h13-14,17-18H,4-12,16H2,1-3H3;1H. The predicted octanol–water partition coefficient (Wildman–Crippen LogP) is 2.84. The zero-order valence-corrected chi connectivity index (χ0v) is 14.1. The number of hydrogen-bond acceptors (Lipinski definition) is 4. The number of aliphatic hydroxyl groups excluding tert-OH is 1. The summed E-state index contributed by atoms with van der Waals surface area (Å²) in [5.74, 6) is 0.804. The van der Waals surface area contributed by atoms with Gasteiger partial charge in [0.2, 0.25) is 0 Å². The summed E-state index contributed by atoms with van der Waals surface area (Å²) >= 11 is 0. The fourth-order valence-electron chi connectivity index (χ4n) is 1.86. The molecule has 0 saturated carbocycles. The number of aliphatic hydroxyl groups is 2. The number of nitrogens with two attached hydrogens (primary N) is 1. The third-order valence-corrected chi connectivity index (χ3v) is 3.49. The second kappa shape index (κ2) is 12.8. The molecule has 20 heavy (non-hydrogen) atoms. The molecule has 0 amide bonds. The Morgan fingerprint density at radius 2 is 1.65 bits per heavy atom. The minimum absolute atomic E-state index is 0. The van der Waals surface area contributed by atoms with Crippen molar-refractivity contribution in [2.75, 3.05) is 13.2 Å². The van der Waals surface area contributed by atoms with Crippen LogP contribution in [0, 0.1) is 5.92 Å². The van der Waals surface area contributed by atoms with Gasteiger partial charge in [0.1, 0.15) is 11.8 Å². The van der Waals surface area contributed by atoms with Crippen LogP contribution in [0.1, 0.15) is 65.7 Å². The van der Waals surface area contributed by atoms with Gasteiger partial charge in [-0.15, -0.1) is 12.4 Å². The Kier molecular flexibility index (Phi) is 14.4. The average molecular weight is 312 g/mol. The maximum absolute atomic E-state index is 9.60. The number of hydrogen-bond donors (Lipinski definition) is 3. The van der Waals surface area contributed by atoms with Crippen molar-refractivity contribution in [3.63, 3.8) is 0 Å². The van der Waals surface area contributed by atoms with E-state index >= 15 is 0 Å². The molecule has 124 valence electrons. The SMILES string of the molecule is CCC(N)(O)C(O)COCCCCCCCC(C)C.Cl. The highest BCUT2D eigenvalue weighted by molar-refractivity contribution is 5.85. The minimum atomic E-state index is -1.53. The molecule has 0 aromatic rings. The topological polar surface area (TPSA) is 75.7 Å². The van der Waals surface area contributed by atoms with Crippen LogP contribution in [0.4, 0.5) is 0 Å². The van der Waals surface area contributed by atoms with Gasteiger partial charge in [-0.2, -0.15) is 0 Å². The van der Waals surface area contributed by atoms with Crippen molar-refractivity contribution in [3.05, 3.63) is 0 Å². The normalized spacial score (nSPS) is 15.8. The molecule has 0 aromatic carbocycles. The molecule has 0 aromatic heterocycles. The van der Waals surface area contributed by atoms with E-state index in [0.29, 0.717) is 13.0 Å². The maximum atomic E-state index is 9.60. The third-order valence-electron chi connectivity index (χ3n) is 3.49. The molecule has 4 nitrogen and oxygen atoms in total. The number of unbranched alkanes of at least 4 members (excludes halogenated alkanes) is 4. The maximum Gasteiger partial charge on any atom is 0.141 e. The lowest BCUT2D eigenvalue weighted by Crippen LogP contribution is -2.52. The molecule has 0 rings (SSSR count). The van der Waals surface area contributed by atoms with Gasteiger partial charge in [0.05, 0.1) is 6.61 Å². The first-order valence-electron chi connectivity index (χ1n) is 7.67. The smallest absolute Gasteiger partial charge is 0.141 e. The van der Waals surface area contributed by atoms with Gasteiger partial charge in [-0.3, -0.25) is 0 Å². The van der Waals surface area contributed by atoms with Crippen LogP contribution in [0.25, 0.3) is 0 Å². The van der Waals surface area contributed by atoms with Gasteiger partial charge in [-0.25, -0.2) is 0 Å². The van der Waals surface area contributed by atoms with Crippen molar-refractivity contribution in [1.29, 1.82) is 0 Å². The Bertz CT molecular complexity index is 213. The Labute approximate surface area is 130 Å². The molecule has 0 aliphatic rings. The summed E-state index contributed by atoms with van der Waals surface area (Å²) in [6.45, 7) is 6.98. The first kappa shape index (κ1) is 22.4. The second-order valence-corrected chi connectivity index (χ2v) is 5.89.